The van der Waals surface area contributed by atoms with Crippen LogP contribution in [0.25, 0.3) is 0 Å². The van der Waals surface area contributed by atoms with Crippen LogP contribution in [0.4, 0.5) is 0 Å². The van der Waals surface area contributed by atoms with Crippen LogP contribution in [0.3, 0.4) is 0 Å². The zero-order chi connectivity index (χ0) is 13.9. The predicted octanol–water partition coefficient (Wildman–Crippen LogP) is 2.44. The van der Waals surface area contributed by atoms with E-state index in [1.165, 1.54) is 25.7 Å². The SMILES string of the molecule is N#Cc1ccc(C=NNC(=O)C2C3CCCCC32)cc1. The third-order valence-electron chi connectivity index (χ3n) is 4.39. The van der Waals surface area contributed by atoms with E-state index in [-0.39, 0.29) is 11.8 Å². The molecule has 0 radical (unpaired) electrons. The van der Waals surface area contributed by atoms with E-state index in [0.717, 1.165) is 5.56 Å². The molecule has 0 saturated heterocycles. The highest BCUT2D eigenvalue weighted by molar-refractivity contribution is 5.85. The van der Waals surface area contributed by atoms with E-state index in [2.05, 4.69) is 16.6 Å². The van der Waals surface area contributed by atoms with Crippen molar-refractivity contribution in [3.8, 4) is 6.07 Å². The second-order valence-electron chi connectivity index (χ2n) is 5.61. The summed E-state index contributed by atoms with van der Waals surface area (Å²) in [5, 5.41) is 12.7. The lowest BCUT2D eigenvalue weighted by molar-refractivity contribution is -0.122. The molecule has 0 bridgehead atoms. The summed E-state index contributed by atoms with van der Waals surface area (Å²) in [6.07, 6.45) is 6.54. The lowest BCUT2D eigenvalue weighted by Crippen LogP contribution is -2.20. The molecule has 2 saturated carbocycles. The normalized spacial score (nSPS) is 27.6. The van der Waals surface area contributed by atoms with Crippen LogP contribution in [0.5, 0.6) is 0 Å². The zero-order valence-corrected chi connectivity index (χ0v) is 11.2. The van der Waals surface area contributed by atoms with Gasteiger partial charge in [0.1, 0.15) is 0 Å². The molecule has 20 heavy (non-hydrogen) atoms. The molecule has 1 N–H and O–H groups in total. The molecule has 1 aromatic carbocycles. The van der Waals surface area contributed by atoms with Gasteiger partial charge in [-0.25, -0.2) is 5.43 Å². The molecule has 0 aromatic heterocycles. The van der Waals surface area contributed by atoms with Gasteiger partial charge in [-0.05, 0) is 42.4 Å². The minimum Gasteiger partial charge on any atom is -0.273 e. The highest BCUT2D eigenvalue weighted by Crippen LogP contribution is 2.55. The van der Waals surface area contributed by atoms with Crippen molar-refractivity contribution < 1.29 is 4.79 Å². The van der Waals surface area contributed by atoms with Crippen LogP contribution in [-0.2, 0) is 4.79 Å². The van der Waals surface area contributed by atoms with Gasteiger partial charge in [-0.2, -0.15) is 10.4 Å². The first kappa shape index (κ1) is 12.9. The Labute approximate surface area is 118 Å². The standard InChI is InChI=1S/C16H17N3O/c17-9-11-5-7-12(8-6-11)10-18-19-16(20)15-13-3-1-2-4-14(13)15/h5-8,10,13-15H,1-4H2,(H,19,20). The van der Waals surface area contributed by atoms with Crippen LogP contribution in [0.2, 0.25) is 0 Å². The summed E-state index contributed by atoms with van der Waals surface area (Å²) < 4.78 is 0. The van der Waals surface area contributed by atoms with E-state index in [1.807, 2.05) is 12.1 Å². The predicted molar refractivity (Wildman–Crippen MR) is 75.8 cm³/mol. The summed E-state index contributed by atoms with van der Waals surface area (Å²) in [5.74, 6) is 1.46. The van der Waals surface area contributed by atoms with Gasteiger partial charge in [0.05, 0.1) is 17.8 Å². The van der Waals surface area contributed by atoms with Crippen molar-refractivity contribution >= 4 is 12.1 Å². The molecule has 2 aliphatic carbocycles. The average Bonchev–Trinajstić information content (AvgIpc) is 3.22. The number of hydrogen-bond donors (Lipinski definition) is 1. The fourth-order valence-electron chi connectivity index (χ4n) is 3.27. The second-order valence-corrected chi connectivity index (χ2v) is 5.61. The largest absolute Gasteiger partial charge is 0.273 e. The Balaban J connectivity index is 1.52. The highest BCUT2D eigenvalue weighted by Gasteiger charge is 2.54. The molecule has 3 rings (SSSR count). The number of nitrogens with one attached hydrogen (secondary N) is 1. The molecular formula is C16H17N3O. The summed E-state index contributed by atoms with van der Waals surface area (Å²) in [6.45, 7) is 0. The molecule has 2 atom stereocenters. The Hall–Kier alpha value is -2.15. The van der Waals surface area contributed by atoms with Crippen molar-refractivity contribution in [1.29, 1.82) is 5.26 Å². The number of hydrazone groups is 1. The summed E-state index contributed by atoms with van der Waals surface area (Å²) in [4.78, 5) is 12.0. The number of benzene rings is 1. The molecule has 2 fully saturated rings. The number of fused-ring (bicyclic) bond motifs is 1. The Bertz CT molecular complexity index is 558. The minimum absolute atomic E-state index is 0.0618. The van der Waals surface area contributed by atoms with Crippen molar-refractivity contribution in [1.82, 2.24) is 5.43 Å². The molecule has 2 unspecified atom stereocenters. The maximum Gasteiger partial charge on any atom is 0.243 e. The molecule has 4 nitrogen and oxygen atoms in total. The van der Waals surface area contributed by atoms with Gasteiger partial charge in [0.15, 0.2) is 0 Å². The fourth-order valence-corrected chi connectivity index (χ4v) is 3.27. The molecular weight excluding hydrogens is 250 g/mol. The van der Waals surface area contributed by atoms with E-state index < -0.39 is 0 Å². The van der Waals surface area contributed by atoms with Gasteiger partial charge in [0.2, 0.25) is 5.91 Å². The zero-order valence-electron chi connectivity index (χ0n) is 11.2. The number of carbonyl (C=O) groups excluding carboxylic acids is 1. The third kappa shape index (κ3) is 2.57. The third-order valence-corrected chi connectivity index (χ3v) is 4.39. The molecule has 1 amide bonds. The van der Waals surface area contributed by atoms with Crippen molar-refractivity contribution in [2.75, 3.05) is 0 Å². The number of amides is 1. The smallest absolute Gasteiger partial charge is 0.243 e. The molecule has 2 aliphatic rings. The molecule has 0 spiro atoms. The van der Waals surface area contributed by atoms with Gasteiger partial charge in [0, 0.05) is 5.92 Å². The minimum atomic E-state index is 0.0618. The van der Waals surface area contributed by atoms with Crippen molar-refractivity contribution in [3.05, 3.63) is 35.4 Å². The summed E-state index contributed by atoms with van der Waals surface area (Å²) in [7, 11) is 0. The Morgan fingerprint density at radius 2 is 1.90 bits per heavy atom. The quantitative estimate of drug-likeness (QED) is 0.675. The first-order valence-electron chi connectivity index (χ1n) is 7.12. The number of nitriles is 1. The van der Waals surface area contributed by atoms with Crippen molar-refractivity contribution in [3.63, 3.8) is 0 Å². The van der Waals surface area contributed by atoms with Crippen LogP contribution in [0.1, 0.15) is 36.8 Å². The highest BCUT2D eigenvalue weighted by atomic mass is 16.2. The van der Waals surface area contributed by atoms with Gasteiger partial charge in [-0.3, -0.25) is 4.79 Å². The Kier molecular flexibility index (Phi) is 3.51. The lowest BCUT2D eigenvalue weighted by Gasteiger charge is -2.04. The maximum absolute atomic E-state index is 12.0. The summed E-state index contributed by atoms with van der Waals surface area (Å²) >= 11 is 0. The maximum atomic E-state index is 12.0. The van der Waals surface area contributed by atoms with Gasteiger partial charge in [-0.15, -0.1) is 0 Å². The number of nitrogens with zero attached hydrogens (tertiary/aromatic N) is 2. The summed E-state index contributed by atoms with van der Waals surface area (Å²) in [5.41, 5.74) is 4.14. The topological polar surface area (TPSA) is 65.2 Å². The van der Waals surface area contributed by atoms with Gasteiger partial charge in [-0.1, -0.05) is 25.0 Å². The van der Waals surface area contributed by atoms with Crippen LogP contribution < -0.4 is 5.43 Å². The first-order chi connectivity index (χ1) is 9.79. The van der Waals surface area contributed by atoms with E-state index in [4.69, 9.17) is 5.26 Å². The van der Waals surface area contributed by atoms with E-state index in [9.17, 15) is 4.79 Å². The summed E-state index contributed by atoms with van der Waals surface area (Å²) in [6, 6.07) is 9.16. The van der Waals surface area contributed by atoms with Gasteiger partial charge in [0.25, 0.3) is 0 Å². The van der Waals surface area contributed by atoms with E-state index >= 15 is 0 Å². The van der Waals surface area contributed by atoms with Crippen molar-refractivity contribution in [2.45, 2.75) is 25.7 Å². The van der Waals surface area contributed by atoms with Crippen molar-refractivity contribution in [2.24, 2.45) is 22.9 Å². The molecule has 4 heteroatoms. The van der Waals surface area contributed by atoms with Gasteiger partial charge < -0.3 is 0 Å². The van der Waals surface area contributed by atoms with E-state index in [1.54, 1.807) is 18.3 Å². The molecule has 0 aliphatic heterocycles. The molecule has 0 heterocycles. The number of rotatable bonds is 3. The average molecular weight is 267 g/mol. The van der Waals surface area contributed by atoms with Crippen LogP contribution in [0.15, 0.2) is 29.4 Å². The Morgan fingerprint density at radius 3 is 2.50 bits per heavy atom. The lowest BCUT2D eigenvalue weighted by atomic mass is 10.0. The number of carbonyl (C=O) groups is 1. The monoisotopic (exact) mass is 267 g/mol. The second kappa shape index (κ2) is 5.46. The first-order valence-corrected chi connectivity index (χ1v) is 7.12. The number of hydrogen-bond acceptors (Lipinski definition) is 3. The van der Waals surface area contributed by atoms with Crippen LogP contribution in [0, 0.1) is 29.1 Å². The van der Waals surface area contributed by atoms with E-state index in [0.29, 0.717) is 17.4 Å². The molecule has 102 valence electrons. The van der Waals surface area contributed by atoms with Crippen LogP contribution in [-0.4, -0.2) is 12.1 Å². The fraction of sp³-hybridized carbons (Fsp3) is 0.438. The van der Waals surface area contributed by atoms with Gasteiger partial charge >= 0.3 is 0 Å². The Morgan fingerprint density at radius 1 is 1.25 bits per heavy atom. The van der Waals surface area contributed by atoms with Crippen LogP contribution >= 0.6 is 0 Å². The molecule has 1 aromatic rings.